The van der Waals surface area contributed by atoms with Crippen LogP contribution in [0.4, 0.5) is 4.39 Å². The Bertz CT molecular complexity index is 632. The first-order valence-electron chi connectivity index (χ1n) is 6.17. The monoisotopic (exact) mass is 313 g/mol. The van der Waals surface area contributed by atoms with Gasteiger partial charge >= 0.3 is 0 Å². The first-order chi connectivity index (χ1) is 9.56. The van der Waals surface area contributed by atoms with Gasteiger partial charge in [0.1, 0.15) is 11.6 Å². The van der Waals surface area contributed by atoms with E-state index in [-0.39, 0.29) is 12.4 Å². The van der Waals surface area contributed by atoms with E-state index in [1.807, 2.05) is 6.92 Å². The highest BCUT2D eigenvalue weighted by Crippen LogP contribution is 2.37. The summed E-state index contributed by atoms with van der Waals surface area (Å²) in [6.07, 6.45) is 0. The Morgan fingerprint density at radius 2 is 1.90 bits per heavy atom. The molecule has 0 bridgehead atoms. The topological polar surface area (TPSA) is 35.2 Å². The fraction of sp³-hybridized carbons (Fsp3) is 0.200. The number of hydrogen-bond acceptors (Lipinski definition) is 2. The lowest BCUT2D eigenvalue weighted by atomic mass is 10.0. The van der Waals surface area contributed by atoms with Crippen LogP contribution < -0.4 is 10.5 Å². The minimum Gasteiger partial charge on any atom is -0.492 e. The minimum absolute atomic E-state index is 0.157. The second-order valence-corrected chi connectivity index (χ2v) is 5.02. The summed E-state index contributed by atoms with van der Waals surface area (Å²) in [5, 5.41) is 0.896. The highest BCUT2D eigenvalue weighted by atomic mass is 35.5. The molecule has 0 atom stereocenters. The van der Waals surface area contributed by atoms with E-state index in [4.69, 9.17) is 33.7 Å². The molecule has 0 saturated carbocycles. The molecular formula is C15H14Cl2FNO. The summed E-state index contributed by atoms with van der Waals surface area (Å²) in [5.74, 6) is 0.160. The van der Waals surface area contributed by atoms with Gasteiger partial charge in [0.2, 0.25) is 0 Å². The molecule has 0 radical (unpaired) electrons. The quantitative estimate of drug-likeness (QED) is 0.891. The molecule has 0 aliphatic heterocycles. The fourth-order valence-corrected chi connectivity index (χ4v) is 2.38. The smallest absolute Gasteiger partial charge is 0.139 e. The maximum Gasteiger partial charge on any atom is 0.139 e. The molecule has 2 nitrogen and oxygen atoms in total. The molecule has 2 N–H and O–H groups in total. The first kappa shape index (κ1) is 15.1. The molecule has 0 saturated heterocycles. The van der Waals surface area contributed by atoms with Crippen molar-refractivity contribution in [2.75, 3.05) is 6.61 Å². The van der Waals surface area contributed by atoms with Crippen LogP contribution in [0, 0.1) is 5.82 Å². The average Bonchev–Trinajstić information content (AvgIpc) is 2.42. The third-order valence-electron chi connectivity index (χ3n) is 2.91. The van der Waals surface area contributed by atoms with E-state index in [0.717, 1.165) is 0 Å². The van der Waals surface area contributed by atoms with Crippen LogP contribution in [0.3, 0.4) is 0 Å². The second-order valence-electron chi connectivity index (χ2n) is 4.21. The lowest BCUT2D eigenvalue weighted by molar-refractivity contribution is 0.340. The first-order valence-corrected chi connectivity index (χ1v) is 6.93. The molecule has 106 valence electrons. The van der Waals surface area contributed by atoms with Gasteiger partial charge < -0.3 is 10.5 Å². The van der Waals surface area contributed by atoms with Gasteiger partial charge in [-0.3, -0.25) is 0 Å². The SMILES string of the molecule is CCOc1cc(Cl)c(-c2ccc(CN)c(F)c2)cc1Cl. The van der Waals surface area contributed by atoms with Crippen LogP contribution in [0.25, 0.3) is 11.1 Å². The predicted octanol–water partition coefficient (Wildman–Crippen LogP) is 4.66. The second kappa shape index (κ2) is 6.44. The van der Waals surface area contributed by atoms with Gasteiger partial charge in [0.15, 0.2) is 0 Å². The van der Waals surface area contributed by atoms with E-state index in [0.29, 0.717) is 39.1 Å². The van der Waals surface area contributed by atoms with Crippen molar-refractivity contribution in [3.63, 3.8) is 0 Å². The van der Waals surface area contributed by atoms with Crippen LogP contribution in [-0.4, -0.2) is 6.61 Å². The van der Waals surface area contributed by atoms with Crippen molar-refractivity contribution in [1.82, 2.24) is 0 Å². The molecule has 2 aromatic carbocycles. The van der Waals surface area contributed by atoms with Crippen molar-refractivity contribution in [2.45, 2.75) is 13.5 Å². The summed E-state index contributed by atoms with van der Waals surface area (Å²) in [6, 6.07) is 8.12. The van der Waals surface area contributed by atoms with Gasteiger partial charge in [-0.2, -0.15) is 0 Å². The van der Waals surface area contributed by atoms with Crippen LogP contribution in [0.2, 0.25) is 10.0 Å². The van der Waals surface area contributed by atoms with Crippen LogP contribution in [0.5, 0.6) is 5.75 Å². The number of benzene rings is 2. The molecule has 0 unspecified atom stereocenters. The molecule has 0 aromatic heterocycles. The van der Waals surface area contributed by atoms with E-state index >= 15 is 0 Å². The molecule has 5 heteroatoms. The van der Waals surface area contributed by atoms with Crippen molar-refractivity contribution in [1.29, 1.82) is 0 Å². The normalized spacial score (nSPS) is 10.7. The van der Waals surface area contributed by atoms with Gasteiger partial charge in [0.25, 0.3) is 0 Å². The molecule has 2 rings (SSSR count). The highest BCUT2D eigenvalue weighted by molar-refractivity contribution is 6.36. The van der Waals surface area contributed by atoms with Crippen molar-refractivity contribution in [2.24, 2.45) is 5.73 Å². The largest absolute Gasteiger partial charge is 0.492 e. The lowest BCUT2D eigenvalue weighted by Crippen LogP contribution is -1.99. The van der Waals surface area contributed by atoms with E-state index in [1.165, 1.54) is 6.07 Å². The van der Waals surface area contributed by atoms with Crippen LogP contribution in [0.15, 0.2) is 30.3 Å². The van der Waals surface area contributed by atoms with Crippen LogP contribution in [0.1, 0.15) is 12.5 Å². The Labute approximate surface area is 127 Å². The van der Waals surface area contributed by atoms with Gasteiger partial charge in [-0.1, -0.05) is 35.3 Å². The van der Waals surface area contributed by atoms with Gasteiger partial charge in [0.05, 0.1) is 16.7 Å². The molecule has 0 amide bonds. The predicted molar refractivity (Wildman–Crippen MR) is 80.9 cm³/mol. The van der Waals surface area contributed by atoms with Crippen LogP contribution in [-0.2, 0) is 6.54 Å². The van der Waals surface area contributed by atoms with Crippen molar-refractivity contribution < 1.29 is 9.13 Å². The summed E-state index contributed by atoms with van der Waals surface area (Å²) in [5.41, 5.74) is 7.21. The molecule has 0 spiro atoms. The molecule has 20 heavy (non-hydrogen) atoms. The molecule has 2 aromatic rings. The Balaban J connectivity index is 2.47. The van der Waals surface area contributed by atoms with E-state index in [2.05, 4.69) is 0 Å². The third kappa shape index (κ3) is 3.06. The molecule has 0 fully saturated rings. The average molecular weight is 314 g/mol. The summed E-state index contributed by atoms with van der Waals surface area (Å²) in [4.78, 5) is 0. The standard InChI is InChI=1S/C15H14Cl2FNO/c1-2-20-15-7-12(16)11(6-13(15)17)9-3-4-10(8-19)14(18)5-9/h3-7H,2,8,19H2,1H3. The number of nitrogens with two attached hydrogens (primary N) is 1. The lowest BCUT2D eigenvalue weighted by Gasteiger charge is -2.11. The number of halogens is 3. The Morgan fingerprint density at radius 3 is 2.50 bits per heavy atom. The summed E-state index contributed by atoms with van der Waals surface area (Å²) in [6.45, 7) is 2.51. The van der Waals surface area contributed by atoms with Crippen molar-refractivity contribution in [3.8, 4) is 16.9 Å². The summed E-state index contributed by atoms with van der Waals surface area (Å²) < 4.78 is 19.1. The molecule has 0 aliphatic rings. The fourth-order valence-electron chi connectivity index (χ4n) is 1.90. The number of rotatable bonds is 4. The van der Waals surface area contributed by atoms with Gasteiger partial charge in [0, 0.05) is 23.7 Å². The zero-order chi connectivity index (χ0) is 14.7. The number of ether oxygens (including phenoxy) is 1. The van der Waals surface area contributed by atoms with Gasteiger partial charge in [-0.15, -0.1) is 0 Å². The molecule has 0 heterocycles. The van der Waals surface area contributed by atoms with E-state index in [1.54, 1.807) is 24.3 Å². The van der Waals surface area contributed by atoms with Crippen molar-refractivity contribution >= 4 is 23.2 Å². The molecular weight excluding hydrogens is 300 g/mol. The van der Waals surface area contributed by atoms with E-state index < -0.39 is 0 Å². The maximum atomic E-state index is 13.8. The summed E-state index contributed by atoms with van der Waals surface area (Å²) >= 11 is 12.3. The zero-order valence-corrected chi connectivity index (χ0v) is 12.4. The van der Waals surface area contributed by atoms with Gasteiger partial charge in [-0.25, -0.2) is 4.39 Å². The number of hydrogen-bond donors (Lipinski definition) is 1. The Hall–Kier alpha value is -1.29. The summed E-state index contributed by atoms with van der Waals surface area (Å²) in [7, 11) is 0. The minimum atomic E-state index is -0.355. The third-order valence-corrected chi connectivity index (χ3v) is 3.51. The highest BCUT2D eigenvalue weighted by Gasteiger charge is 2.11. The maximum absolute atomic E-state index is 13.8. The van der Waals surface area contributed by atoms with E-state index in [9.17, 15) is 4.39 Å². The van der Waals surface area contributed by atoms with Crippen LogP contribution >= 0.6 is 23.2 Å². The Morgan fingerprint density at radius 1 is 1.15 bits per heavy atom. The zero-order valence-electron chi connectivity index (χ0n) is 10.9. The van der Waals surface area contributed by atoms with Crippen molar-refractivity contribution in [3.05, 3.63) is 51.8 Å². The Kier molecular flexibility index (Phi) is 4.86. The molecule has 0 aliphatic carbocycles. The van der Waals surface area contributed by atoms with Gasteiger partial charge in [-0.05, 0) is 24.6 Å².